The Morgan fingerprint density at radius 3 is 2.58 bits per heavy atom. The summed E-state index contributed by atoms with van der Waals surface area (Å²) < 4.78 is 11.3. The van der Waals surface area contributed by atoms with Gasteiger partial charge in [-0.3, -0.25) is 0 Å². The number of piperidine rings is 1. The monoisotopic (exact) mass is 330 g/mol. The fraction of sp³-hybridized carbons (Fsp3) is 0.579. The van der Waals surface area contributed by atoms with Crippen LogP contribution in [-0.4, -0.2) is 36.3 Å². The molecule has 0 aliphatic carbocycles. The average molecular weight is 330 g/mol. The number of hydrogen-bond acceptors (Lipinski definition) is 4. The highest BCUT2D eigenvalue weighted by Gasteiger charge is 2.27. The molecule has 1 saturated heterocycles. The molecule has 0 atom stereocenters. The second-order valence-electron chi connectivity index (χ2n) is 7.28. The fourth-order valence-electron chi connectivity index (χ4n) is 2.72. The molecule has 1 fully saturated rings. The Morgan fingerprint density at radius 1 is 1.33 bits per heavy atom. The minimum absolute atomic E-state index is 0.243. The average Bonchev–Trinajstić information content (AvgIpc) is 2.52. The van der Waals surface area contributed by atoms with Gasteiger partial charge in [0.15, 0.2) is 0 Å². The van der Waals surface area contributed by atoms with Gasteiger partial charge in [0.1, 0.15) is 17.4 Å². The summed E-state index contributed by atoms with van der Waals surface area (Å²) in [5.74, 6) is 1.03. The maximum absolute atomic E-state index is 12.1. The summed E-state index contributed by atoms with van der Waals surface area (Å²) in [5, 5.41) is 9.24. The standard InChI is InChI=1S/C19H26N2O3/c1-14-6-5-7-17(16(14)12-20)23-13-15-8-10-21(11-9-15)18(22)24-19(2,3)4/h5-7,15H,8-11,13H2,1-4H3. The normalized spacial score (nSPS) is 15.7. The first-order valence-electron chi connectivity index (χ1n) is 8.40. The maximum atomic E-state index is 12.1. The molecular weight excluding hydrogens is 304 g/mol. The molecule has 0 N–H and O–H groups in total. The van der Waals surface area contributed by atoms with E-state index in [1.54, 1.807) is 4.90 Å². The van der Waals surface area contributed by atoms with Crippen LogP contribution in [0.5, 0.6) is 5.75 Å². The van der Waals surface area contributed by atoms with Crippen LogP contribution in [0.1, 0.15) is 44.7 Å². The number of rotatable bonds is 3. The van der Waals surface area contributed by atoms with E-state index in [0.29, 0.717) is 36.9 Å². The number of hydrogen-bond donors (Lipinski definition) is 0. The zero-order valence-electron chi connectivity index (χ0n) is 15.0. The summed E-state index contributed by atoms with van der Waals surface area (Å²) in [4.78, 5) is 13.8. The summed E-state index contributed by atoms with van der Waals surface area (Å²) in [6.45, 7) is 9.47. The molecule has 5 heteroatoms. The Balaban J connectivity index is 1.83. The molecule has 0 aromatic heterocycles. The highest BCUT2D eigenvalue weighted by atomic mass is 16.6. The van der Waals surface area contributed by atoms with Crippen molar-refractivity contribution in [2.45, 2.75) is 46.1 Å². The number of carbonyl (C=O) groups excluding carboxylic acids is 1. The molecule has 0 spiro atoms. The first-order valence-corrected chi connectivity index (χ1v) is 8.40. The molecular formula is C19H26N2O3. The van der Waals surface area contributed by atoms with E-state index in [-0.39, 0.29) is 6.09 Å². The van der Waals surface area contributed by atoms with Gasteiger partial charge >= 0.3 is 6.09 Å². The Morgan fingerprint density at radius 2 is 2.00 bits per heavy atom. The molecule has 0 radical (unpaired) electrons. The van der Waals surface area contributed by atoms with Crippen molar-refractivity contribution >= 4 is 6.09 Å². The SMILES string of the molecule is Cc1cccc(OCC2CCN(C(=O)OC(C)(C)C)CC2)c1C#N. The number of amides is 1. The minimum Gasteiger partial charge on any atom is -0.492 e. The lowest BCUT2D eigenvalue weighted by Gasteiger charge is -2.33. The number of nitrogens with zero attached hydrogens (tertiary/aromatic N) is 2. The number of aryl methyl sites for hydroxylation is 1. The van der Waals surface area contributed by atoms with Crippen LogP contribution in [0.25, 0.3) is 0 Å². The Hall–Kier alpha value is -2.22. The van der Waals surface area contributed by atoms with Gasteiger partial charge in [-0.1, -0.05) is 12.1 Å². The lowest BCUT2D eigenvalue weighted by atomic mass is 9.98. The van der Waals surface area contributed by atoms with Crippen molar-refractivity contribution in [1.82, 2.24) is 4.90 Å². The Labute approximate surface area is 144 Å². The van der Waals surface area contributed by atoms with E-state index in [1.807, 2.05) is 45.9 Å². The van der Waals surface area contributed by atoms with Gasteiger partial charge in [0.2, 0.25) is 0 Å². The smallest absolute Gasteiger partial charge is 0.410 e. The number of benzene rings is 1. The van der Waals surface area contributed by atoms with Crippen molar-refractivity contribution in [2.24, 2.45) is 5.92 Å². The zero-order valence-corrected chi connectivity index (χ0v) is 15.0. The minimum atomic E-state index is -0.462. The zero-order chi connectivity index (χ0) is 17.7. The van der Waals surface area contributed by atoms with E-state index in [1.165, 1.54) is 0 Å². The lowest BCUT2D eigenvalue weighted by Crippen LogP contribution is -2.42. The third-order valence-corrected chi connectivity index (χ3v) is 4.09. The number of carbonyl (C=O) groups is 1. The van der Waals surface area contributed by atoms with Crippen molar-refractivity contribution in [3.63, 3.8) is 0 Å². The van der Waals surface area contributed by atoms with Crippen LogP contribution in [0.2, 0.25) is 0 Å². The summed E-state index contributed by atoms with van der Waals surface area (Å²) in [7, 11) is 0. The van der Waals surface area contributed by atoms with Gasteiger partial charge in [-0.05, 0) is 58.1 Å². The van der Waals surface area contributed by atoms with Crippen molar-refractivity contribution in [3.8, 4) is 11.8 Å². The molecule has 0 unspecified atom stereocenters. The maximum Gasteiger partial charge on any atom is 0.410 e. The van der Waals surface area contributed by atoms with Gasteiger partial charge in [-0.25, -0.2) is 4.79 Å². The van der Waals surface area contributed by atoms with E-state index < -0.39 is 5.60 Å². The van der Waals surface area contributed by atoms with Crippen LogP contribution < -0.4 is 4.74 Å². The van der Waals surface area contributed by atoms with E-state index in [2.05, 4.69) is 6.07 Å². The van der Waals surface area contributed by atoms with Crippen LogP contribution in [0.4, 0.5) is 4.79 Å². The predicted molar refractivity (Wildman–Crippen MR) is 91.9 cm³/mol. The van der Waals surface area contributed by atoms with Crippen molar-refractivity contribution in [3.05, 3.63) is 29.3 Å². The third-order valence-electron chi connectivity index (χ3n) is 4.09. The fourth-order valence-corrected chi connectivity index (χ4v) is 2.72. The largest absolute Gasteiger partial charge is 0.492 e. The Bertz CT molecular complexity index is 620. The molecule has 24 heavy (non-hydrogen) atoms. The second kappa shape index (κ2) is 7.57. The van der Waals surface area contributed by atoms with Crippen LogP contribution >= 0.6 is 0 Å². The first kappa shape index (κ1) is 18.1. The van der Waals surface area contributed by atoms with Gasteiger partial charge in [0.05, 0.1) is 12.2 Å². The molecule has 1 amide bonds. The summed E-state index contributed by atoms with van der Waals surface area (Å²) in [6.07, 6.45) is 1.52. The Kier molecular flexibility index (Phi) is 5.71. The molecule has 0 saturated carbocycles. The van der Waals surface area contributed by atoms with Crippen LogP contribution in [0.3, 0.4) is 0 Å². The number of nitriles is 1. The highest BCUT2D eigenvalue weighted by Crippen LogP contribution is 2.24. The molecule has 1 heterocycles. The van der Waals surface area contributed by atoms with Crippen molar-refractivity contribution in [1.29, 1.82) is 5.26 Å². The summed E-state index contributed by atoms with van der Waals surface area (Å²) >= 11 is 0. The molecule has 5 nitrogen and oxygen atoms in total. The molecule has 0 bridgehead atoms. The first-order chi connectivity index (χ1) is 11.3. The van der Waals surface area contributed by atoms with Crippen LogP contribution in [0, 0.1) is 24.2 Å². The van der Waals surface area contributed by atoms with E-state index in [4.69, 9.17) is 9.47 Å². The van der Waals surface area contributed by atoms with E-state index >= 15 is 0 Å². The summed E-state index contributed by atoms with van der Waals surface area (Å²) in [6, 6.07) is 7.84. The quantitative estimate of drug-likeness (QED) is 0.843. The van der Waals surface area contributed by atoms with E-state index in [0.717, 1.165) is 18.4 Å². The van der Waals surface area contributed by atoms with Crippen LogP contribution in [0.15, 0.2) is 18.2 Å². The number of likely N-dealkylation sites (tertiary alicyclic amines) is 1. The molecule has 2 rings (SSSR count). The molecule has 1 aromatic rings. The topological polar surface area (TPSA) is 62.6 Å². The molecule has 1 aliphatic heterocycles. The molecule has 1 aromatic carbocycles. The van der Waals surface area contributed by atoms with Gasteiger partial charge in [-0.15, -0.1) is 0 Å². The van der Waals surface area contributed by atoms with Crippen molar-refractivity contribution < 1.29 is 14.3 Å². The highest BCUT2D eigenvalue weighted by molar-refractivity contribution is 5.68. The van der Waals surface area contributed by atoms with Gasteiger partial charge in [0.25, 0.3) is 0 Å². The van der Waals surface area contributed by atoms with Gasteiger partial charge in [0, 0.05) is 13.1 Å². The van der Waals surface area contributed by atoms with Crippen LogP contribution in [-0.2, 0) is 4.74 Å². The third kappa shape index (κ3) is 4.89. The van der Waals surface area contributed by atoms with E-state index in [9.17, 15) is 10.1 Å². The molecule has 130 valence electrons. The number of ether oxygens (including phenoxy) is 2. The van der Waals surface area contributed by atoms with Gasteiger partial charge < -0.3 is 14.4 Å². The van der Waals surface area contributed by atoms with Crippen molar-refractivity contribution in [2.75, 3.05) is 19.7 Å². The van der Waals surface area contributed by atoms with Gasteiger partial charge in [-0.2, -0.15) is 5.26 Å². The second-order valence-corrected chi connectivity index (χ2v) is 7.28. The summed E-state index contributed by atoms with van der Waals surface area (Å²) in [5.41, 5.74) is 1.06. The predicted octanol–water partition coefficient (Wildman–Crippen LogP) is 3.89. The molecule has 1 aliphatic rings. The lowest BCUT2D eigenvalue weighted by molar-refractivity contribution is 0.0165.